The molecule has 3 heteroatoms. The first-order valence-electron chi connectivity index (χ1n) is 5.51. The van der Waals surface area contributed by atoms with Crippen LogP contribution in [0.3, 0.4) is 0 Å². The predicted molar refractivity (Wildman–Crippen MR) is 77.4 cm³/mol. The van der Waals surface area contributed by atoms with Crippen molar-refractivity contribution in [3.63, 3.8) is 0 Å². The molecular weight excluding hydrogens is 296 g/mol. The van der Waals surface area contributed by atoms with Gasteiger partial charge in [0.1, 0.15) is 5.75 Å². The monoisotopic (exact) mass is 310 g/mol. The SMILES string of the molecule is COc1ccc(CC(Br)c2sccc2C)cc1. The fourth-order valence-electron chi connectivity index (χ4n) is 1.77. The first kappa shape index (κ1) is 12.7. The van der Waals surface area contributed by atoms with Crippen LogP contribution in [-0.4, -0.2) is 7.11 Å². The molecule has 1 atom stereocenters. The van der Waals surface area contributed by atoms with Crippen LogP contribution < -0.4 is 4.74 Å². The molecule has 0 aliphatic carbocycles. The number of methoxy groups -OCH3 is 1. The van der Waals surface area contributed by atoms with E-state index in [2.05, 4.69) is 46.4 Å². The van der Waals surface area contributed by atoms with Gasteiger partial charge in [-0.05, 0) is 48.1 Å². The Labute approximate surface area is 115 Å². The van der Waals surface area contributed by atoms with Crippen molar-refractivity contribution >= 4 is 27.3 Å². The maximum atomic E-state index is 5.16. The quantitative estimate of drug-likeness (QED) is 0.741. The number of aryl methyl sites for hydroxylation is 1. The second-order valence-electron chi connectivity index (χ2n) is 3.99. The van der Waals surface area contributed by atoms with Gasteiger partial charge in [-0.25, -0.2) is 0 Å². The molecule has 0 aliphatic rings. The lowest BCUT2D eigenvalue weighted by molar-refractivity contribution is 0.414. The summed E-state index contributed by atoms with van der Waals surface area (Å²) in [6, 6.07) is 10.4. The van der Waals surface area contributed by atoms with Crippen molar-refractivity contribution in [3.8, 4) is 5.75 Å². The molecule has 1 nitrogen and oxygen atoms in total. The molecule has 0 saturated heterocycles. The fourth-order valence-corrected chi connectivity index (χ4v) is 3.73. The van der Waals surface area contributed by atoms with E-state index >= 15 is 0 Å². The van der Waals surface area contributed by atoms with E-state index in [1.807, 2.05) is 23.5 Å². The summed E-state index contributed by atoms with van der Waals surface area (Å²) in [4.78, 5) is 1.82. The van der Waals surface area contributed by atoms with Crippen molar-refractivity contribution in [2.75, 3.05) is 7.11 Å². The van der Waals surface area contributed by atoms with Crippen molar-refractivity contribution in [1.82, 2.24) is 0 Å². The molecule has 2 aromatic rings. The highest BCUT2D eigenvalue weighted by Gasteiger charge is 2.12. The van der Waals surface area contributed by atoms with Gasteiger partial charge in [0.25, 0.3) is 0 Å². The molecule has 1 aromatic carbocycles. The zero-order valence-corrected chi connectivity index (χ0v) is 12.3. The van der Waals surface area contributed by atoms with Crippen molar-refractivity contribution in [2.24, 2.45) is 0 Å². The highest BCUT2D eigenvalue weighted by Crippen LogP contribution is 2.33. The van der Waals surface area contributed by atoms with E-state index in [9.17, 15) is 0 Å². The second kappa shape index (κ2) is 5.69. The standard InChI is InChI=1S/C14H15BrOS/c1-10-7-8-17-14(10)13(15)9-11-3-5-12(16-2)6-4-11/h3-8,13H,9H2,1-2H3. The first-order chi connectivity index (χ1) is 8.20. The number of alkyl halides is 1. The highest BCUT2D eigenvalue weighted by molar-refractivity contribution is 9.09. The summed E-state index contributed by atoms with van der Waals surface area (Å²) in [6.45, 7) is 2.16. The average molecular weight is 311 g/mol. The van der Waals surface area contributed by atoms with Crippen LogP contribution in [0.4, 0.5) is 0 Å². The van der Waals surface area contributed by atoms with Crippen molar-refractivity contribution in [3.05, 3.63) is 51.7 Å². The second-order valence-corrected chi connectivity index (χ2v) is 6.04. The molecular formula is C14H15BrOS. The maximum Gasteiger partial charge on any atom is 0.118 e. The third-order valence-corrected chi connectivity index (χ3v) is 4.98. The van der Waals surface area contributed by atoms with Crippen LogP contribution in [0.2, 0.25) is 0 Å². The van der Waals surface area contributed by atoms with Crippen LogP contribution in [0.25, 0.3) is 0 Å². The molecule has 0 spiro atoms. The van der Waals surface area contributed by atoms with Gasteiger partial charge in [-0.2, -0.15) is 0 Å². The smallest absolute Gasteiger partial charge is 0.118 e. The van der Waals surface area contributed by atoms with E-state index in [1.165, 1.54) is 16.0 Å². The zero-order valence-electron chi connectivity index (χ0n) is 9.94. The lowest BCUT2D eigenvalue weighted by Gasteiger charge is -2.10. The third-order valence-electron chi connectivity index (χ3n) is 2.76. The van der Waals surface area contributed by atoms with Crippen LogP contribution in [0.1, 0.15) is 20.8 Å². The molecule has 1 unspecified atom stereocenters. The normalized spacial score (nSPS) is 12.4. The van der Waals surface area contributed by atoms with Crippen molar-refractivity contribution in [1.29, 1.82) is 0 Å². The highest BCUT2D eigenvalue weighted by atomic mass is 79.9. The Morgan fingerprint density at radius 2 is 1.94 bits per heavy atom. The van der Waals surface area contributed by atoms with Gasteiger partial charge in [0.2, 0.25) is 0 Å². The van der Waals surface area contributed by atoms with E-state index in [-0.39, 0.29) is 0 Å². The topological polar surface area (TPSA) is 9.23 Å². The Morgan fingerprint density at radius 1 is 1.24 bits per heavy atom. The lowest BCUT2D eigenvalue weighted by Crippen LogP contribution is -1.94. The van der Waals surface area contributed by atoms with Crippen LogP contribution in [0.15, 0.2) is 35.7 Å². The Hall–Kier alpha value is -0.800. The number of hydrogen-bond donors (Lipinski definition) is 0. The Bertz CT molecular complexity index is 475. The number of thiophene rings is 1. The molecule has 2 rings (SSSR count). The van der Waals surface area contributed by atoms with E-state index in [1.54, 1.807) is 7.11 Å². The van der Waals surface area contributed by atoms with Gasteiger partial charge in [-0.1, -0.05) is 28.1 Å². The van der Waals surface area contributed by atoms with Crippen LogP contribution in [-0.2, 0) is 6.42 Å². The minimum absolute atomic E-state index is 0.399. The Kier molecular flexibility index (Phi) is 4.24. The summed E-state index contributed by atoms with van der Waals surface area (Å²) in [7, 11) is 1.69. The molecule has 90 valence electrons. The Balaban J connectivity index is 2.07. The fraction of sp³-hybridized carbons (Fsp3) is 0.286. The average Bonchev–Trinajstić information content (AvgIpc) is 2.76. The van der Waals surface area contributed by atoms with Crippen LogP contribution in [0, 0.1) is 6.92 Å². The summed E-state index contributed by atoms with van der Waals surface area (Å²) < 4.78 is 5.16. The van der Waals surface area contributed by atoms with Crippen molar-refractivity contribution in [2.45, 2.75) is 18.2 Å². The summed E-state index contributed by atoms with van der Waals surface area (Å²) in [5.74, 6) is 0.909. The summed E-state index contributed by atoms with van der Waals surface area (Å²) in [6.07, 6.45) is 1.01. The van der Waals surface area contributed by atoms with Gasteiger partial charge in [-0.3, -0.25) is 0 Å². The molecule has 0 amide bonds. The van der Waals surface area contributed by atoms with E-state index in [4.69, 9.17) is 4.74 Å². The number of rotatable bonds is 4. The van der Waals surface area contributed by atoms with Gasteiger partial charge in [-0.15, -0.1) is 11.3 Å². The number of benzene rings is 1. The molecule has 1 aromatic heterocycles. The Morgan fingerprint density at radius 3 is 2.47 bits per heavy atom. The van der Waals surface area contributed by atoms with Gasteiger partial charge in [0.15, 0.2) is 0 Å². The third kappa shape index (κ3) is 3.11. The largest absolute Gasteiger partial charge is 0.497 e. The molecule has 1 heterocycles. The minimum atomic E-state index is 0.399. The molecule has 0 N–H and O–H groups in total. The number of halogens is 1. The molecule has 0 radical (unpaired) electrons. The summed E-state index contributed by atoms with van der Waals surface area (Å²) in [5.41, 5.74) is 2.69. The lowest BCUT2D eigenvalue weighted by atomic mass is 10.1. The first-order valence-corrected chi connectivity index (χ1v) is 7.31. The van der Waals surface area contributed by atoms with E-state index < -0.39 is 0 Å². The summed E-state index contributed by atoms with van der Waals surface area (Å²) in [5, 5.41) is 2.15. The van der Waals surface area contributed by atoms with Gasteiger partial charge in [0.05, 0.1) is 11.9 Å². The van der Waals surface area contributed by atoms with Gasteiger partial charge >= 0.3 is 0 Å². The molecule has 0 fully saturated rings. The van der Waals surface area contributed by atoms with Gasteiger partial charge < -0.3 is 4.74 Å². The van der Waals surface area contributed by atoms with E-state index in [0.29, 0.717) is 4.83 Å². The minimum Gasteiger partial charge on any atom is -0.497 e. The molecule has 17 heavy (non-hydrogen) atoms. The predicted octanol–water partition coefficient (Wildman–Crippen LogP) is 4.74. The summed E-state index contributed by atoms with van der Waals surface area (Å²) >= 11 is 5.58. The number of hydrogen-bond acceptors (Lipinski definition) is 2. The molecule has 0 saturated carbocycles. The maximum absolute atomic E-state index is 5.16. The van der Waals surface area contributed by atoms with Crippen molar-refractivity contribution < 1.29 is 4.74 Å². The zero-order chi connectivity index (χ0) is 12.3. The van der Waals surface area contributed by atoms with Crippen LogP contribution in [0.5, 0.6) is 5.75 Å². The molecule has 0 aliphatic heterocycles. The molecule has 0 bridgehead atoms. The number of ether oxygens (including phenoxy) is 1. The van der Waals surface area contributed by atoms with Gasteiger partial charge in [0, 0.05) is 4.88 Å². The van der Waals surface area contributed by atoms with E-state index in [0.717, 1.165) is 12.2 Å². The van der Waals surface area contributed by atoms with Crippen LogP contribution >= 0.6 is 27.3 Å².